The molecule has 0 heterocycles. The number of carbonyl (C=O) groups is 4. The molecule has 0 aliphatic heterocycles. The van der Waals surface area contributed by atoms with Crippen molar-refractivity contribution in [3.8, 4) is 0 Å². The number of nitrogens with two attached hydrogens (primary N) is 2. The van der Waals surface area contributed by atoms with Gasteiger partial charge in [0, 0.05) is 13.0 Å². The van der Waals surface area contributed by atoms with Crippen molar-refractivity contribution in [3.05, 3.63) is 5.53 Å². The minimum Gasteiger partial charge on any atom is -0.461 e. The number of primary amides is 1. The van der Waals surface area contributed by atoms with Gasteiger partial charge in [0.2, 0.25) is 11.7 Å². The van der Waals surface area contributed by atoms with E-state index in [0.717, 1.165) is 0 Å². The van der Waals surface area contributed by atoms with Crippen molar-refractivity contribution in [2.75, 3.05) is 6.54 Å². The van der Waals surface area contributed by atoms with Gasteiger partial charge >= 0.3 is 18.2 Å². The lowest BCUT2D eigenvalue weighted by molar-refractivity contribution is -0.151. The number of esters is 1. The Labute approximate surface area is 151 Å². The number of ether oxygens (including phenoxy) is 1. The Morgan fingerprint density at radius 1 is 1.23 bits per heavy atom. The fraction of sp³-hybridized carbons (Fsp3) is 0.667. The second-order valence-corrected chi connectivity index (χ2v) is 5.84. The van der Waals surface area contributed by atoms with Gasteiger partial charge < -0.3 is 32.4 Å². The third-order valence-corrected chi connectivity index (χ3v) is 3.16. The molecule has 26 heavy (non-hydrogen) atoms. The number of amides is 3. The van der Waals surface area contributed by atoms with Gasteiger partial charge in [0.15, 0.2) is 0 Å². The zero-order valence-electron chi connectivity index (χ0n) is 14.9. The van der Waals surface area contributed by atoms with Gasteiger partial charge in [-0.1, -0.05) is 0 Å². The molecule has 11 heteroatoms. The van der Waals surface area contributed by atoms with Gasteiger partial charge in [0.25, 0.3) is 0 Å². The molecule has 0 bridgehead atoms. The van der Waals surface area contributed by atoms with Gasteiger partial charge in [-0.25, -0.2) is 9.59 Å². The summed E-state index contributed by atoms with van der Waals surface area (Å²) >= 11 is 0. The lowest BCUT2D eigenvalue weighted by Crippen LogP contribution is -2.49. The third kappa shape index (κ3) is 10.9. The Morgan fingerprint density at radius 2 is 1.88 bits per heavy atom. The molecule has 0 radical (unpaired) electrons. The maximum absolute atomic E-state index is 12.1. The van der Waals surface area contributed by atoms with E-state index in [1.165, 1.54) is 0 Å². The summed E-state index contributed by atoms with van der Waals surface area (Å²) < 4.78 is 5.06. The normalized spacial score (nSPS) is 12.5. The molecule has 146 valence electrons. The van der Waals surface area contributed by atoms with Crippen molar-refractivity contribution in [1.82, 2.24) is 10.6 Å². The largest absolute Gasteiger partial charge is 0.461 e. The van der Waals surface area contributed by atoms with E-state index in [4.69, 9.17) is 21.7 Å². The molecule has 0 aromatic heterocycles. The second-order valence-electron chi connectivity index (χ2n) is 5.84. The quantitative estimate of drug-likeness (QED) is 0.110. The van der Waals surface area contributed by atoms with E-state index in [1.54, 1.807) is 13.8 Å². The second kappa shape index (κ2) is 12.6. The molecule has 0 rings (SSSR count). The number of Topliss-reactive ketones (excluding diaryl/α,β-unsaturated/α-hetero) is 1. The standard InChI is InChI=1S/C15H26N6O5/c1-9(2)26-14(24)12(6-5-10(22)8-20-18)21-13(23)11(16)4-3-7-19-15(17)25/h8-9,11-12H,3-7,16H2,1-2H3,(H,21,23)(H3,17,19,25)/t11-,12-/m0/s1. The van der Waals surface area contributed by atoms with Crippen LogP contribution in [0.25, 0.3) is 5.53 Å². The van der Waals surface area contributed by atoms with E-state index in [2.05, 4.69) is 15.4 Å². The number of rotatable bonds is 12. The van der Waals surface area contributed by atoms with Crippen LogP contribution in [0.2, 0.25) is 0 Å². The van der Waals surface area contributed by atoms with Crippen LogP contribution >= 0.6 is 0 Å². The molecule has 0 fully saturated rings. The fourth-order valence-corrected chi connectivity index (χ4v) is 1.92. The minimum atomic E-state index is -1.06. The van der Waals surface area contributed by atoms with Crippen molar-refractivity contribution in [3.63, 3.8) is 0 Å². The monoisotopic (exact) mass is 370 g/mol. The number of nitrogens with one attached hydrogen (secondary N) is 2. The summed E-state index contributed by atoms with van der Waals surface area (Å²) in [6.07, 6.45) is 0.839. The third-order valence-electron chi connectivity index (χ3n) is 3.16. The maximum Gasteiger partial charge on any atom is 0.328 e. The van der Waals surface area contributed by atoms with Crippen molar-refractivity contribution in [2.45, 2.75) is 57.7 Å². The lowest BCUT2D eigenvalue weighted by Gasteiger charge is -2.20. The molecule has 11 nitrogen and oxygen atoms in total. The van der Waals surface area contributed by atoms with E-state index in [0.29, 0.717) is 12.6 Å². The zero-order chi connectivity index (χ0) is 20.1. The molecule has 0 aliphatic carbocycles. The minimum absolute atomic E-state index is 0.0297. The van der Waals surface area contributed by atoms with Gasteiger partial charge in [0.05, 0.1) is 12.1 Å². The predicted molar refractivity (Wildman–Crippen MR) is 91.9 cm³/mol. The van der Waals surface area contributed by atoms with Crippen LogP contribution in [0.15, 0.2) is 0 Å². The van der Waals surface area contributed by atoms with Crippen LogP contribution in [-0.2, 0) is 19.1 Å². The zero-order valence-corrected chi connectivity index (χ0v) is 14.9. The molecule has 0 aromatic rings. The summed E-state index contributed by atoms with van der Waals surface area (Å²) in [6.45, 7) is 3.57. The number of nitrogens with zero attached hydrogens (tertiary/aromatic N) is 2. The van der Waals surface area contributed by atoms with E-state index in [-0.39, 0.29) is 25.8 Å². The van der Waals surface area contributed by atoms with Gasteiger partial charge in [-0.05, 0) is 33.1 Å². The fourth-order valence-electron chi connectivity index (χ4n) is 1.92. The highest BCUT2D eigenvalue weighted by Crippen LogP contribution is 2.05. The molecule has 0 spiro atoms. The summed E-state index contributed by atoms with van der Waals surface area (Å²) in [5, 5.41) is 4.83. The van der Waals surface area contributed by atoms with Gasteiger partial charge in [-0.3, -0.25) is 9.59 Å². The number of ketones is 1. The van der Waals surface area contributed by atoms with Crippen LogP contribution in [0.1, 0.15) is 39.5 Å². The topological polar surface area (TPSA) is 190 Å². The SMILES string of the molecule is CC(C)OC(=O)[C@H](CCC(=O)C=[N+]=[N-])NC(=O)[C@@H](N)CCCNC(N)=O. The number of urea groups is 1. The molecular weight excluding hydrogens is 344 g/mol. The van der Waals surface area contributed by atoms with E-state index in [9.17, 15) is 19.2 Å². The van der Waals surface area contributed by atoms with Gasteiger partial charge in [-0.2, -0.15) is 4.79 Å². The van der Waals surface area contributed by atoms with E-state index >= 15 is 0 Å². The maximum atomic E-state index is 12.1. The highest BCUT2D eigenvalue weighted by atomic mass is 16.5. The van der Waals surface area contributed by atoms with Crippen molar-refractivity contribution in [1.29, 1.82) is 0 Å². The van der Waals surface area contributed by atoms with E-state index < -0.39 is 41.9 Å². The summed E-state index contributed by atoms with van der Waals surface area (Å²) in [5.41, 5.74) is 19.0. The lowest BCUT2D eigenvalue weighted by atomic mass is 10.1. The first-order valence-corrected chi connectivity index (χ1v) is 8.17. The first-order valence-electron chi connectivity index (χ1n) is 8.17. The Kier molecular flexibility index (Phi) is 11.2. The molecule has 3 amide bonds. The average Bonchev–Trinajstić information content (AvgIpc) is 2.54. The molecular formula is C15H26N6O5. The molecule has 0 unspecified atom stereocenters. The Hall–Kier alpha value is -2.78. The summed E-state index contributed by atoms with van der Waals surface area (Å²) in [7, 11) is 0. The summed E-state index contributed by atoms with van der Waals surface area (Å²) in [4.78, 5) is 48.8. The first kappa shape index (κ1) is 23.2. The number of hydrogen-bond donors (Lipinski definition) is 4. The Balaban J connectivity index is 4.68. The van der Waals surface area contributed by atoms with Gasteiger partial charge in [-0.15, -0.1) is 0 Å². The van der Waals surface area contributed by atoms with Crippen LogP contribution < -0.4 is 22.1 Å². The van der Waals surface area contributed by atoms with Crippen LogP contribution in [-0.4, -0.2) is 59.4 Å². The first-order chi connectivity index (χ1) is 12.2. The molecule has 0 saturated heterocycles. The molecule has 2 atom stereocenters. The highest BCUT2D eigenvalue weighted by molar-refractivity contribution is 6.25. The number of hydrogen-bond acceptors (Lipinski definition) is 6. The van der Waals surface area contributed by atoms with Crippen LogP contribution in [0.3, 0.4) is 0 Å². The highest BCUT2D eigenvalue weighted by Gasteiger charge is 2.26. The predicted octanol–water partition coefficient (Wildman–Crippen LogP) is -1.15. The summed E-state index contributed by atoms with van der Waals surface area (Å²) in [6, 6.07) is -2.64. The van der Waals surface area contributed by atoms with Crippen LogP contribution in [0.4, 0.5) is 4.79 Å². The Morgan fingerprint density at radius 3 is 2.42 bits per heavy atom. The summed E-state index contributed by atoms with van der Waals surface area (Å²) in [5.74, 6) is -1.78. The molecule has 0 aliphatic rings. The molecule has 0 aromatic carbocycles. The van der Waals surface area contributed by atoms with Crippen molar-refractivity contribution < 1.29 is 28.7 Å². The van der Waals surface area contributed by atoms with Crippen LogP contribution in [0.5, 0.6) is 0 Å². The van der Waals surface area contributed by atoms with Crippen molar-refractivity contribution in [2.24, 2.45) is 11.5 Å². The number of carbonyl (C=O) groups excluding carboxylic acids is 4. The smallest absolute Gasteiger partial charge is 0.328 e. The van der Waals surface area contributed by atoms with Gasteiger partial charge in [0.1, 0.15) is 6.04 Å². The average molecular weight is 370 g/mol. The molecule has 6 N–H and O–H groups in total. The van der Waals surface area contributed by atoms with Crippen molar-refractivity contribution >= 4 is 29.9 Å². The van der Waals surface area contributed by atoms with Crippen LogP contribution in [0, 0.1) is 0 Å². The Bertz CT molecular complexity index is 559. The van der Waals surface area contributed by atoms with E-state index in [1.807, 2.05) is 0 Å². The molecule has 0 saturated carbocycles.